The van der Waals surface area contributed by atoms with E-state index >= 15 is 0 Å². The zero-order chi connectivity index (χ0) is 29.4. The number of allylic oxidation sites excluding steroid dienone is 4. The van der Waals surface area contributed by atoms with Crippen LogP contribution in [0.2, 0.25) is 0 Å². The average molecular weight is 531 g/mol. The number of nitrogens with zero attached hydrogens (tertiary/aromatic N) is 2. The van der Waals surface area contributed by atoms with E-state index in [0.717, 1.165) is 31.3 Å². The van der Waals surface area contributed by atoms with Gasteiger partial charge in [0, 0.05) is 13.1 Å². The Balaban J connectivity index is -0.000000437. The van der Waals surface area contributed by atoms with Gasteiger partial charge in [-0.1, -0.05) is 95.1 Å². The van der Waals surface area contributed by atoms with Crippen molar-refractivity contribution in [1.82, 2.24) is 0 Å². The molecule has 0 aromatic heterocycles. The van der Waals surface area contributed by atoms with Gasteiger partial charge in [-0.05, 0) is 117 Å². The molecule has 0 radical (unpaired) electrons. The highest BCUT2D eigenvalue weighted by Gasteiger charge is 2.19. The van der Waals surface area contributed by atoms with E-state index in [2.05, 4.69) is 83.7 Å². The molecule has 0 unspecified atom stereocenters. The van der Waals surface area contributed by atoms with Crippen LogP contribution in [0.5, 0.6) is 0 Å². The molecule has 0 aliphatic heterocycles. The summed E-state index contributed by atoms with van der Waals surface area (Å²) in [5.41, 5.74) is 4.15. The van der Waals surface area contributed by atoms with Gasteiger partial charge < -0.3 is 4.99 Å². The van der Waals surface area contributed by atoms with Crippen molar-refractivity contribution >= 4 is 12.9 Å². The Hall–Kier alpha value is -1.44. The van der Waals surface area contributed by atoms with Gasteiger partial charge in [0.1, 0.15) is 0 Å². The lowest BCUT2D eigenvalue weighted by Crippen LogP contribution is -2.12. The number of aliphatic imine (C=N–C) groups is 2. The van der Waals surface area contributed by atoms with Gasteiger partial charge in [0.15, 0.2) is 0 Å². The van der Waals surface area contributed by atoms with Crippen LogP contribution >= 0.6 is 0 Å². The molecule has 0 aromatic carbocycles. The Labute approximate surface area is 241 Å². The fraction of sp³-hybridized carbons (Fsp3) is 0.778. The van der Waals surface area contributed by atoms with Crippen LogP contribution in [-0.2, 0) is 0 Å². The second kappa shape index (κ2) is 33.6. The highest BCUT2D eigenvalue weighted by molar-refractivity contribution is 5.57. The topological polar surface area (TPSA) is 24.7 Å². The first kappa shape index (κ1) is 41.0. The van der Waals surface area contributed by atoms with Crippen LogP contribution in [0.25, 0.3) is 0 Å². The van der Waals surface area contributed by atoms with E-state index < -0.39 is 0 Å². The SMILES string of the molecule is C=C(C)CC.C=NCCCCCCC(=C)C1CCC1.CC=C(C)C.CCCCCC.CCN=CCC1CC1. The van der Waals surface area contributed by atoms with Gasteiger partial charge in [-0.25, -0.2) is 0 Å². The highest BCUT2D eigenvalue weighted by atomic mass is 14.7. The monoisotopic (exact) mass is 531 g/mol. The lowest BCUT2D eigenvalue weighted by atomic mass is 9.78. The molecule has 224 valence electrons. The molecule has 0 aromatic rings. The molecule has 0 bridgehead atoms. The maximum atomic E-state index is 4.18. The van der Waals surface area contributed by atoms with Crippen molar-refractivity contribution in [2.24, 2.45) is 21.8 Å². The summed E-state index contributed by atoms with van der Waals surface area (Å²) in [6.45, 7) is 30.1. The van der Waals surface area contributed by atoms with Crippen LogP contribution < -0.4 is 0 Å². The standard InChI is InChI=1S/C13H23N.C7H13N.C6H14.2C5H10/c1-12(13-9-7-10-13)8-5-3-4-6-11-14-2;1-2-8-6-5-7-3-4-7;1-3-5-6-4-2;2*1-4-5(2)3/h13H,1-11H2;6-7H,2-5H2,1H3;3-6H2,1-2H3;4H,1-3H3;2,4H2,1,3H3. The minimum absolute atomic E-state index is 0.879. The summed E-state index contributed by atoms with van der Waals surface area (Å²) in [5.74, 6) is 1.88. The number of hydrogen-bond donors (Lipinski definition) is 0. The summed E-state index contributed by atoms with van der Waals surface area (Å²) < 4.78 is 0. The molecule has 2 aliphatic carbocycles. The minimum atomic E-state index is 0.879. The smallest absolute Gasteiger partial charge is 0.0382 e. The van der Waals surface area contributed by atoms with Crippen molar-refractivity contribution < 1.29 is 0 Å². The summed E-state index contributed by atoms with van der Waals surface area (Å²) in [4.78, 5) is 7.98. The Bertz CT molecular complexity index is 568. The molecule has 0 atom stereocenters. The summed E-state index contributed by atoms with van der Waals surface area (Å²) in [6, 6.07) is 0. The van der Waals surface area contributed by atoms with Gasteiger partial charge in [-0.15, -0.1) is 6.58 Å². The third-order valence-corrected chi connectivity index (χ3v) is 6.83. The lowest BCUT2D eigenvalue weighted by Gasteiger charge is -2.27. The number of unbranched alkanes of at least 4 members (excludes halogenated alkanes) is 6. The molecule has 2 fully saturated rings. The molecular formula is C36H70N2. The molecule has 0 spiro atoms. The Morgan fingerprint density at radius 1 is 0.816 bits per heavy atom. The van der Waals surface area contributed by atoms with Crippen molar-refractivity contribution in [3.8, 4) is 0 Å². The average Bonchev–Trinajstić information content (AvgIpc) is 3.70. The van der Waals surface area contributed by atoms with Crippen LogP contribution in [0.3, 0.4) is 0 Å². The van der Waals surface area contributed by atoms with Crippen molar-refractivity contribution in [2.75, 3.05) is 13.1 Å². The highest BCUT2D eigenvalue weighted by Crippen LogP contribution is 2.34. The van der Waals surface area contributed by atoms with Crippen LogP contribution in [0.4, 0.5) is 0 Å². The van der Waals surface area contributed by atoms with Crippen LogP contribution in [-0.4, -0.2) is 26.0 Å². The van der Waals surface area contributed by atoms with E-state index in [9.17, 15) is 0 Å². The van der Waals surface area contributed by atoms with Gasteiger partial charge in [0.05, 0.1) is 0 Å². The van der Waals surface area contributed by atoms with E-state index in [1.165, 1.54) is 113 Å². The summed E-state index contributed by atoms with van der Waals surface area (Å²) in [7, 11) is 0. The molecule has 0 saturated heterocycles. The fourth-order valence-corrected chi connectivity index (χ4v) is 3.16. The molecule has 2 heteroatoms. The Kier molecular flexibility index (Phi) is 36.3. The zero-order valence-electron chi connectivity index (χ0n) is 27.6. The lowest BCUT2D eigenvalue weighted by molar-refractivity contribution is 0.357. The third kappa shape index (κ3) is 39.1. The van der Waals surface area contributed by atoms with Crippen molar-refractivity contribution in [1.29, 1.82) is 0 Å². The van der Waals surface area contributed by atoms with E-state index in [1.54, 1.807) is 0 Å². The van der Waals surface area contributed by atoms with E-state index in [-0.39, 0.29) is 0 Å². The zero-order valence-corrected chi connectivity index (χ0v) is 27.6. The summed E-state index contributed by atoms with van der Waals surface area (Å²) in [5, 5.41) is 0. The van der Waals surface area contributed by atoms with Crippen LogP contribution in [0.15, 0.2) is 45.9 Å². The molecule has 0 heterocycles. The molecule has 0 amide bonds. The largest absolute Gasteiger partial charge is 0.301 e. The second-order valence-corrected chi connectivity index (χ2v) is 11.1. The Morgan fingerprint density at radius 2 is 1.34 bits per heavy atom. The number of rotatable bonds is 15. The van der Waals surface area contributed by atoms with E-state index in [1.807, 2.05) is 13.8 Å². The number of hydrogen-bond acceptors (Lipinski definition) is 2. The predicted molar refractivity (Wildman–Crippen MR) is 180 cm³/mol. The second-order valence-electron chi connectivity index (χ2n) is 11.1. The third-order valence-electron chi connectivity index (χ3n) is 6.83. The maximum absolute atomic E-state index is 4.18. The van der Waals surface area contributed by atoms with Gasteiger partial charge in [-0.3, -0.25) is 4.99 Å². The minimum Gasteiger partial charge on any atom is -0.301 e. The molecule has 0 N–H and O–H groups in total. The summed E-state index contributed by atoms with van der Waals surface area (Å²) in [6.07, 6.45) is 25.6. The Morgan fingerprint density at radius 3 is 1.68 bits per heavy atom. The summed E-state index contributed by atoms with van der Waals surface area (Å²) >= 11 is 0. The van der Waals surface area contributed by atoms with Gasteiger partial charge in [-0.2, -0.15) is 0 Å². The van der Waals surface area contributed by atoms with Crippen molar-refractivity contribution in [2.45, 2.75) is 158 Å². The fourth-order valence-electron chi connectivity index (χ4n) is 3.16. The quantitative estimate of drug-likeness (QED) is 0.114. The molecule has 2 rings (SSSR count). The van der Waals surface area contributed by atoms with Crippen molar-refractivity contribution in [3.63, 3.8) is 0 Å². The van der Waals surface area contributed by atoms with E-state index in [0.29, 0.717) is 0 Å². The first-order valence-corrected chi connectivity index (χ1v) is 16.1. The first-order chi connectivity index (χ1) is 18.2. The normalized spacial score (nSPS) is 13.6. The molecule has 2 saturated carbocycles. The van der Waals surface area contributed by atoms with Gasteiger partial charge in [0.25, 0.3) is 0 Å². The van der Waals surface area contributed by atoms with Crippen LogP contribution in [0.1, 0.15) is 158 Å². The van der Waals surface area contributed by atoms with Crippen molar-refractivity contribution in [3.05, 3.63) is 36.0 Å². The predicted octanol–water partition coefficient (Wildman–Crippen LogP) is 12.4. The molecule has 38 heavy (non-hydrogen) atoms. The van der Waals surface area contributed by atoms with Gasteiger partial charge in [0.2, 0.25) is 0 Å². The molecule has 2 aliphatic rings. The van der Waals surface area contributed by atoms with E-state index in [4.69, 9.17) is 0 Å². The first-order valence-electron chi connectivity index (χ1n) is 16.1. The van der Waals surface area contributed by atoms with Crippen LogP contribution in [0, 0.1) is 11.8 Å². The van der Waals surface area contributed by atoms with Gasteiger partial charge >= 0.3 is 0 Å². The molecule has 2 nitrogen and oxygen atoms in total. The molecular weight excluding hydrogens is 460 g/mol. The maximum Gasteiger partial charge on any atom is 0.0382 e.